The molecular weight excluding hydrogens is 318 g/mol. The maximum absolute atomic E-state index is 11.8. The van der Waals surface area contributed by atoms with Crippen molar-refractivity contribution >= 4 is 22.8 Å². The molecule has 1 unspecified atom stereocenters. The molecule has 128 valence electrons. The van der Waals surface area contributed by atoms with Crippen LogP contribution in [0.2, 0.25) is 0 Å². The number of nitrogens with zero attached hydrogens (tertiary/aromatic N) is 4. The highest BCUT2D eigenvalue weighted by molar-refractivity contribution is 5.81. The van der Waals surface area contributed by atoms with E-state index in [1.807, 2.05) is 47.0 Å². The number of likely N-dealkylation sites (N-methyl/N-ethyl adjacent to an activating group) is 1. The third kappa shape index (κ3) is 2.94. The van der Waals surface area contributed by atoms with E-state index < -0.39 is 6.10 Å². The third-order valence-electron chi connectivity index (χ3n) is 4.35. The Morgan fingerprint density at radius 2 is 2.04 bits per heavy atom. The van der Waals surface area contributed by atoms with Crippen molar-refractivity contribution < 1.29 is 9.53 Å². The number of amides is 1. The Bertz CT molecular complexity index is 907. The number of hydrogen-bond acceptors (Lipinski definition) is 5. The first-order chi connectivity index (χ1) is 12.3. The molecule has 1 fully saturated rings. The number of ether oxygens (including phenoxy) is 1. The van der Waals surface area contributed by atoms with Crippen LogP contribution in [-0.4, -0.2) is 53.3 Å². The van der Waals surface area contributed by atoms with Crippen molar-refractivity contribution in [1.82, 2.24) is 19.9 Å². The van der Waals surface area contributed by atoms with Crippen molar-refractivity contribution in [3.63, 3.8) is 0 Å². The Hall–Kier alpha value is -2.93. The van der Waals surface area contributed by atoms with Crippen LogP contribution in [0.1, 0.15) is 0 Å². The molecule has 7 heteroatoms. The van der Waals surface area contributed by atoms with Crippen molar-refractivity contribution in [1.29, 1.82) is 0 Å². The molecule has 3 heterocycles. The summed E-state index contributed by atoms with van der Waals surface area (Å²) in [4.78, 5) is 23.1. The largest absolute Gasteiger partial charge is 0.365 e. The molecule has 0 aliphatic carbocycles. The number of rotatable bonds is 3. The third-order valence-corrected chi connectivity index (χ3v) is 4.35. The number of nitrogens with one attached hydrogen (secondary N) is 1. The summed E-state index contributed by atoms with van der Waals surface area (Å²) >= 11 is 0. The molecule has 0 radical (unpaired) electrons. The minimum absolute atomic E-state index is 0.110. The number of carbonyl (C=O) groups excluding carboxylic acids is 1. The van der Waals surface area contributed by atoms with Crippen LogP contribution in [0.3, 0.4) is 0 Å². The van der Waals surface area contributed by atoms with Gasteiger partial charge < -0.3 is 15.0 Å². The first-order valence-corrected chi connectivity index (χ1v) is 8.24. The Labute approximate surface area is 145 Å². The summed E-state index contributed by atoms with van der Waals surface area (Å²) < 4.78 is 7.51. The van der Waals surface area contributed by atoms with Crippen LogP contribution < -0.4 is 10.2 Å². The maximum Gasteiger partial charge on any atom is 0.250 e. The molecule has 1 aliphatic rings. The standard InChI is InChI=1S/C18H19N5O2/c1-19-18(24)15-11-22(9-10-25-15)16-7-4-8-17(21-16)23-12-20-13-5-2-3-6-14(13)23/h2-8,12,15H,9-11H2,1H3,(H,19,24). The van der Waals surface area contributed by atoms with Gasteiger partial charge in [0.1, 0.15) is 18.0 Å². The fourth-order valence-corrected chi connectivity index (χ4v) is 3.04. The Balaban J connectivity index is 1.64. The van der Waals surface area contributed by atoms with Gasteiger partial charge in [-0.15, -0.1) is 0 Å². The van der Waals surface area contributed by atoms with Gasteiger partial charge in [0.25, 0.3) is 5.91 Å². The van der Waals surface area contributed by atoms with Gasteiger partial charge in [0.05, 0.1) is 24.2 Å². The number of fused-ring (bicyclic) bond motifs is 1. The lowest BCUT2D eigenvalue weighted by Crippen LogP contribution is -2.49. The van der Waals surface area contributed by atoms with Crippen LogP contribution in [0.4, 0.5) is 5.82 Å². The zero-order chi connectivity index (χ0) is 17.2. The number of carbonyl (C=O) groups is 1. The molecule has 0 saturated carbocycles. The van der Waals surface area contributed by atoms with Crippen molar-refractivity contribution in [3.8, 4) is 5.82 Å². The summed E-state index contributed by atoms with van der Waals surface area (Å²) in [6, 6.07) is 13.8. The monoisotopic (exact) mass is 337 g/mol. The van der Waals surface area contributed by atoms with Crippen molar-refractivity contribution in [2.75, 3.05) is 31.6 Å². The molecule has 2 aromatic heterocycles. The lowest BCUT2D eigenvalue weighted by molar-refractivity contribution is -0.132. The molecule has 1 aromatic carbocycles. The highest BCUT2D eigenvalue weighted by Crippen LogP contribution is 2.20. The van der Waals surface area contributed by atoms with Gasteiger partial charge in [0, 0.05) is 13.6 Å². The lowest BCUT2D eigenvalue weighted by Gasteiger charge is -2.32. The maximum atomic E-state index is 11.8. The fraction of sp³-hybridized carbons (Fsp3) is 0.278. The number of benzene rings is 1. The van der Waals surface area contributed by atoms with E-state index in [1.165, 1.54) is 0 Å². The van der Waals surface area contributed by atoms with Crippen LogP contribution in [0, 0.1) is 0 Å². The Morgan fingerprint density at radius 3 is 2.92 bits per heavy atom. The summed E-state index contributed by atoms with van der Waals surface area (Å²) in [6.45, 7) is 1.69. The second-order valence-corrected chi connectivity index (χ2v) is 5.88. The molecule has 1 atom stereocenters. The van der Waals surface area contributed by atoms with Gasteiger partial charge in [-0.3, -0.25) is 9.36 Å². The SMILES string of the molecule is CNC(=O)C1CN(c2cccc(-n3cnc4ccccc43)n2)CCO1. The van der Waals surface area contributed by atoms with E-state index in [4.69, 9.17) is 9.72 Å². The molecule has 25 heavy (non-hydrogen) atoms. The molecule has 1 aliphatic heterocycles. The molecule has 3 aromatic rings. The van der Waals surface area contributed by atoms with Crippen LogP contribution in [-0.2, 0) is 9.53 Å². The number of para-hydroxylation sites is 2. The number of imidazole rings is 1. The number of pyridine rings is 1. The molecule has 0 bridgehead atoms. The van der Waals surface area contributed by atoms with Crippen molar-refractivity contribution in [2.45, 2.75) is 6.10 Å². The summed E-state index contributed by atoms with van der Waals surface area (Å²) in [7, 11) is 1.62. The summed E-state index contributed by atoms with van der Waals surface area (Å²) in [5, 5.41) is 2.64. The Morgan fingerprint density at radius 1 is 1.20 bits per heavy atom. The molecule has 1 N–H and O–H groups in total. The first-order valence-electron chi connectivity index (χ1n) is 8.24. The first kappa shape index (κ1) is 15.6. The van der Waals surface area contributed by atoms with E-state index in [9.17, 15) is 4.79 Å². The highest BCUT2D eigenvalue weighted by atomic mass is 16.5. The van der Waals surface area contributed by atoms with Crippen LogP contribution >= 0.6 is 0 Å². The number of hydrogen-bond donors (Lipinski definition) is 1. The Kier molecular flexibility index (Phi) is 4.07. The quantitative estimate of drug-likeness (QED) is 0.781. The number of anilines is 1. The minimum atomic E-state index is -0.474. The second kappa shape index (κ2) is 6.52. The van der Waals surface area contributed by atoms with Gasteiger partial charge in [0.15, 0.2) is 6.10 Å². The number of morpholine rings is 1. The zero-order valence-corrected chi connectivity index (χ0v) is 13.9. The smallest absolute Gasteiger partial charge is 0.250 e. The summed E-state index contributed by atoms with van der Waals surface area (Å²) in [6.07, 6.45) is 1.31. The van der Waals surface area contributed by atoms with Gasteiger partial charge in [-0.1, -0.05) is 18.2 Å². The van der Waals surface area contributed by atoms with Gasteiger partial charge in [0.2, 0.25) is 0 Å². The van der Waals surface area contributed by atoms with Gasteiger partial charge in [-0.05, 0) is 24.3 Å². The average Bonchev–Trinajstić information content (AvgIpc) is 3.12. The van der Waals surface area contributed by atoms with Gasteiger partial charge >= 0.3 is 0 Å². The van der Waals surface area contributed by atoms with Crippen molar-refractivity contribution in [3.05, 3.63) is 48.8 Å². The van der Waals surface area contributed by atoms with E-state index in [0.29, 0.717) is 19.7 Å². The molecule has 1 saturated heterocycles. The minimum Gasteiger partial charge on any atom is -0.365 e. The molecule has 4 rings (SSSR count). The van der Waals surface area contributed by atoms with E-state index in [0.717, 1.165) is 22.7 Å². The lowest BCUT2D eigenvalue weighted by atomic mass is 10.2. The zero-order valence-electron chi connectivity index (χ0n) is 13.9. The molecular formula is C18H19N5O2. The van der Waals surface area contributed by atoms with Crippen LogP contribution in [0.25, 0.3) is 16.9 Å². The molecule has 7 nitrogen and oxygen atoms in total. The normalized spacial score (nSPS) is 17.6. The van der Waals surface area contributed by atoms with Gasteiger partial charge in [-0.25, -0.2) is 9.97 Å². The van der Waals surface area contributed by atoms with E-state index in [1.54, 1.807) is 13.4 Å². The number of aromatic nitrogens is 3. The molecule has 1 amide bonds. The predicted octanol–water partition coefficient (Wildman–Crippen LogP) is 1.37. The predicted molar refractivity (Wildman–Crippen MR) is 94.9 cm³/mol. The van der Waals surface area contributed by atoms with Crippen LogP contribution in [0.5, 0.6) is 0 Å². The summed E-state index contributed by atoms with van der Waals surface area (Å²) in [5.41, 5.74) is 1.94. The van der Waals surface area contributed by atoms with E-state index >= 15 is 0 Å². The van der Waals surface area contributed by atoms with Crippen LogP contribution in [0.15, 0.2) is 48.8 Å². The fourth-order valence-electron chi connectivity index (χ4n) is 3.04. The average molecular weight is 337 g/mol. The van der Waals surface area contributed by atoms with Crippen molar-refractivity contribution in [2.24, 2.45) is 0 Å². The summed E-state index contributed by atoms with van der Waals surface area (Å²) in [5.74, 6) is 1.52. The molecule has 0 spiro atoms. The highest BCUT2D eigenvalue weighted by Gasteiger charge is 2.26. The van der Waals surface area contributed by atoms with E-state index in [-0.39, 0.29) is 5.91 Å². The van der Waals surface area contributed by atoms with E-state index in [2.05, 4.69) is 15.2 Å². The topological polar surface area (TPSA) is 72.3 Å². The second-order valence-electron chi connectivity index (χ2n) is 5.88. The van der Waals surface area contributed by atoms with Gasteiger partial charge in [-0.2, -0.15) is 0 Å².